The van der Waals surface area contributed by atoms with Crippen molar-refractivity contribution in [3.8, 4) is 0 Å². The van der Waals surface area contributed by atoms with Crippen LogP contribution in [0.4, 0.5) is 0 Å². The Balaban J connectivity index is 3.52. The maximum atomic E-state index is 12.2. The van der Waals surface area contributed by atoms with E-state index in [2.05, 4.69) is 86.8 Å². The van der Waals surface area contributed by atoms with Crippen LogP contribution in [0.2, 0.25) is 0 Å². The third-order valence-corrected chi connectivity index (χ3v) is 11.0. The average molecular weight is 837 g/mol. The summed E-state index contributed by atoms with van der Waals surface area (Å²) in [5.74, 6) is -0.625. The number of hydrogen-bond donors (Lipinski definition) is 1. The maximum Gasteiger partial charge on any atom is 0.306 e. The van der Waals surface area contributed by atoms with E-state index in [1.165, 1.54) is 141 Å². The second kappa shape index (κ2) is 50.7. The zero-order valence-electron chi connectivity index (χ0n) is 39.5. The Bertz CT molecular complexity index is 1080. The molecule has 1 unspecified atom stereocenters. The molecule has 0 saturated carbocycles. The minimum atomic E-state index is -0.792. The molecular formula is C55H96O5. The zero-order chi connectivity index (χ0) is 43.5. The number of aliphatic hydroxyl groups is 1. The molecule has 0 fully saturated rings. The largest absolute Gasteiger partial charge is 0.462 e. The van der Waals surface area contributed by atoms with E-state index in [1.54, 1.807) is 0 Å². The fraction of sp³-hybridized carbons (Fsp3) is 0.745. The quantitative estimate of drug-likeness (QED) is 0.0376. The van der Waals surface area contributed by atoms with Gasteiger partial charge in [-0.1, -0.05) is 222 Å². The van der Waals surface area contributed by atoms with Crippen molar-refractivity contribution in [2.24, 2.45) is 0 Å². The summed E-state index contributed by atoms with van der Waals surface area (Å²) in [6, 6.07) is 0. The lowest BCUT2D eigenvalue weighted by Crippen LogP contribution is -2.28. The second-order valence-electron chi connectivity index (χ2n) is 16.9. The van der Waals surface area contributed by atoms with Crippen LogP contribution in [0.15, 0.2) is 72.9 Å². The number of esters is 2. The van der Waals surface area contributed by atoms with Crippen LogP contribution >= 0.6 is 0 Å². The van der Waals surface area contributed by atoms with E-state index in [4.69, 9.17) is 9.47 Å². The normalized spacial score (nSPS) is 12.8. The van der Waals surface area contributed by atoms with Gasteiger partial charge in [-0.05, 0) is 83.5 Å². The van der Waals surface area contributed by atoms with Crippen LogP contribution in [-0.4, -0.2) is 36.4 Å². The molecule has 0 aromatic heterocycles. The highest BCUT2D eigenvalue weighted by Gasteiger charge is 2.16. The second-order valence-corrected chi connectivity index (χ2v) is 16.9. The average Bonchev–Trinajstić information content (AvgIpc) is 3.25. The van der Waals surface area contributed by atoms with Gasteiger partial charge in [-0.25, -0.2) is 0 Å². The monoisotopic (exact) mass is 837 g/mol. The Labute approximate surface area is 372 Å². The molecule has 5 heteroatoms. The fourth-order valence-corrected chi connectivity index (χ4v) is 7.17. The molecule has 0 radical (unpaired) electrons. The Kier molecular flexibility index (Phi) is 48.4. The van der Waals surface area contributed by atoms with E-state index >= 15 is 0 Å². The number of aliphatic hydroxyl groups excluding tert-OH is 1. The van der Waals surface area contributed by atoms with Gasteiger partial charge in [0.2, 0.25) is 0 Å². The molecule has 0 spiro atoms. The Hall–Kier alpha value is -2.66. The summed E-state index contributed by atoms with van der Waals surface area (Å²) >= 11 is 0. The van der Waals surface area contributed by atoms with Gasteiger partial charge in [0.15, 0.2) is 6.10 Å². The number of rotatable bonds is 46. The minimum absolute atomic E-state index is 0.0809. The van der Waals surface area contributed by atoms with Crippen LogP contribution in [-0.2, 0) is 19.1 Å². The molecule has 1 N–H and O–H groups in total. The highest BCUT2D eigenvalue weighted by molar-refractivity contribution is 5.70. The van der Waals surface area contributed by atoms with Crippen LogP contribution in [0, 0.1) is 0 Å². The van der Waals surface area contributed by atoms with E-state index < -0.39 is 6.10 Å². The molecule has 0 saturated heterocycles. The van der Waals surface area contributed by atoms with Crippen molar-refractivity contribution in [1.82, 2.24) is 0 Å². The maximum absolute atomic E-state index is 12.2. The van der Waals surface area contributed by atoms with Gasteiger partial charge in [-0.3, -0.25) is 9.59 Å². The summed E-state index contributed by atoms with van der Waals surface area (Å²) in [6.45, 7) is 4.01. The molecule has 0 amide bonds. The van der Waals surface area contributed by atoms with Crippen LogP contribution < -0.4 is 0 Å². The Morgan fingerprint density at radius 1 is 0.400 bits per heavy atom. The molecule has 0 aliphatic rings. The molecule has 60 heavy (non-hydrogen) atoms. The Morgan fingerprint density at radius 3 is 1.12 bits per heavy atom. The van der Waals surface area contributed by atoms with Crippen LogP contribution in [0.3, 0.4) is 0 Å². The van der Waals surface area contributed by atoms with Crippen molar-refractivity contribution in [3.05, 3.63) is 72.9 Å². The van der Waals surface area contributed by atoms with Crippen LogP contribution in [0.5, 0.6) is 0 Å². The zero-order valence-corrected chi connectivity index (χ0v) is 39.5. The molecule has 0 rings (SSSR count). The predicted molar refractivity (Wildman–Crippen MR) is 260 cm³/mol. The summed E-state index contributed by atoms with van der Waals surface area (Å²) in [7, 11) is 0. The van der Waals surface area contributed by atoms with Crippen molar-refractivity contribution < 1.29 is 24.2 Å². The van der Waals surface area contributed by atoms with Crippen molar-refractivity contribution >= 4 is 11.9 Å². The molecule has 0 aliphatic heterocycles. The minimum Gasteiger partial charge on any atom is -0.462 e. The third kappa shape index (κ3) is 48.0. The van der Waals surface area contributed by atoms with Crippen molar-refractivity contribution in [2.45, 2.75) is 251 Å². The summed E-state index contributed by atoms with van der Waals surface area (Å²) < 4.78 is 10.7. The van der Waals surface area contributed by atoms with Crippen LogP contribution in [0.1, 0.15) is 245 Å². The molecule has 0 aromatic carbocycles. The molecular weight excluding hydrogens is 741 g/mol. The molecule has 346 valence electrons. The molecule has 5 nitrogen and oxygen atoms in total. The highest BCUT2D eigenvalue weighted by Crippen LogP contribution is 2.15. The van der Waals surface area contributed by atoms with E-state index in [1.807, 2.05) is 0 Å². The van der Waals surface area contributed by atoms with Gasteiger partial charge in [-0.2, -0.15) is 0 Å². The first-order valence-electron chi connectivity index (χ1n) is 25.5. The predicted octanol–water partition coefficient (Wildman–Crippen LogP) is 16.9. The number of carbonyl (C=O) groups is 2. The molecule has 0 bridgehead atoms. The number of unbranched alkanes of at least 4 members (excludes halogenated alkanes) is 26. The standard InChI is InChI=1S/C55H96O5/c1-3-5-7-9-11-13-15-17-19-21-23-24-25-26-27-28-29-30-32-33-35-37-39-41-43-45-47-49-54(57)59-52-53(51-56)60-55(58)50-48-46-44-42-40-38-36-34-31-22-20-18-16-14-12-10-8-6-4-2/h6,8,12,14,18,20-21,23,31,34,38,40,53,56H,3-5,7,9-11,13,15-17,19,22,24-30,32-33,35-37,39,41-52H2,1-2H3/b8-6-,14-12-,20-18-,23-21-,34-31-,40-38-. The molecule has 0 heterocycles. The lowest BCUT2D eigenvalue weighted by Gasteiger charge is -2.15. The van der Waals surface area contributed by atoms with Gasteiger partial charge in [0.1, 0.15) is 6.61 Å². The van der Waals surface area contributed by atoms with Gasteiger partial charge < -0.3 is 14.6 Å². The summed E-state index contributed by atoms with van der Waals surface area (Å²) in [6.07, 6.45) is 68.6. The van der Waals surface area contributed by atoms with Gasteiger partial charge in [0.25, 0.3) is 0 Å². The third-order valence-electron chi connectivity index (χ3n) is 11.0. The lowest BCUT2D eigenvalue weighted by atomic mass is 10.0. The van der Waals surface area contributed by atoms with Gasteiger partial charge in [0.05, 0.1) is 6.61 Å². The van der Waals surface area contributed by atoms with Crippen molar-refractivity contribution in [3.63, 3.8) is 0 Å². The van der Waals surface area contributed by atoms with Gasteiger partial charge >= 0.3 is 11.9 Å². The SMILES string of the molecule is CC/C=C\C/C=C\C/C=C\C/C=C\C/C=C\CCCCCC(=O)OC(CO)COC(=O)CCCCCCCCCCCCCCCCC/C=C\CCCCCCCCCC. The van der Waals surface area contributed by atoms with E-state index in [0.717, 1.165) is 77.0 Å². The highest BCUT2D eigenvalue weighted by atomic mass is 16.6. The Morgan fingerprint density at radius 2 is 0.717 bits per heavy atom. The smallest absolute Gasteiger partial charge is 0.306 e. The van der Waals surface area contributed by atoms with E-state index in [-0.39, 0.29) is 25.2 Å². The first-order chi connectivity index (χ1) is 29.6. The van der Waals surface area contributed by atoms with Crippen LogP contribution in [0.25, 0.3) is 0 Å². The van der Waals surface area contributed by atoms with Gasteiger partial charge in [0, 0.05) is 12.8 Å². The topological polar surface area (TPSA) is 72.8 Å². The van der Waals surface area contributed by atoms with Crippen molar-refractivity contribution in [1.29, 1.82) is 0 Å². The fourth-order valence-electron chi connectivity index (χ4n) is 7.17. The lowest BCUT2D eigenvalue weighted by molar-refractivity contribution is -0.161. The number of allylic oxidation sites excluding steroid dienone is 12. The molecule has 1 atom stereocenters. The van der Waals surface area contributed by atoms with E-state index in [0.29, 0.717) is 12.8 Å². The summed E-state index contributed by atoms with van der Waals surface area (Å²) in [5, 5.41) is 9.61. The summed E-state index contributed by atoms with van der Waals surface area (Å²) in [5.41, 5.74) is 0. The first kappa shape index (κ1) is 57.3. The summed E-state index contributed by atoms with van der Waals surface area (Å²) in [4.78, 5) is 24.4. The number of ether oxygens (including phenoxy) is 2. The first-order valence-corrected chi connectivity index (χ1v) is 25.5. The number of hydrogen-bond acceptors (Lipinski definition) is 5. The molecule has 0 aromatic rings. The van der Waals surface area contributed by atoms with Gasteiger partial charge in [-0.15, -0.1) is 0 Å². The van der Waals surface area contributed by atoms with Crippen molar-refractivity contribution in [2.75, 3.05) is 13.2 Å². The van der Waals surface area contributed by atoms with E-state index in [9.17, 15) is 14.7 Å². The number of carbonyl (C=O) groups excluding carboxylic acids is 2. The molecule has 0 aliphatic carbocycles.